The molecule has 108 heavy (non-hydrogen) atoms. The normalized spacial score (nSPS) is 11.2. The molecule has 0 atom stereocenters. The Bertz CT molecular complexity index is 4930. The third kappa shape index (κ3) is 15.8. The first-order chi connectivity index (χ1) is 53.5. The molecule has 0 fully saturated rings. The summed E-state index contributed by atoms with van der Waals surface area (Å²) in [5.74, 6) is 0. The number of azo groups is 3. The smallest absolute Gasteiger partial charge is 0.0858 e. The van der Waals surface area contributed by atoms with E-state index in [-0.39, 0.29) is 0 Å². The van der Waals surface area contributed by atoms with Crippen molar-refractivity contribution in [1.29, 1.82) is 0 Å². The van der Waals surface area contributed by atoms with Gasteiger partial charge in [-0.1, -0.05) is 164 Å². The summed E-state index contributed by atoms with van der Waals surface area (Å²) in [6.45, 7) is 0. The van der Waals surface area contributed by atoms with Gasteiger partial charge in [0.05, 0.1) is 51.2 Å². The Morgan fingerprint density at radius 3 is 0.324 bits per heavy atom. The number of hydrogen-bond donors (Lipinski definition) is 0. The van der Waals surface area contributed by atoms with Crippen molar-refractivity contribution in [2.45, 2.75) is 0 Å². The van der Waals surface area contributed by atoms with Crippen LogP contribution in [-0.4, -0.2) is 0 Å². The lowest BCUT2D eigenvalue weighted by atomic mass is 10.1. The van der Waals surface area contributed by atoms with Gasteiger partial charge in [-0.25, -0.2) is 0 Å². The van der Waals surface area contributed by atoms with Gasteiger partial charge in [-0.3, -0.25) is 0 Å². The van der Waals surface area contributed by atoms with Crippen LogP contribution in [0.15, 0.2) is 467 Å². The molecule has 0 heterocycles. The number of nitrogens with zero attached hydrogens (tertiary/aromatic N) is 12. The Morgan fingerprint density at radius 1 is 0.102 bits per heavy atom. The third-order valence-electron chi connectivity index (χ3n) is 18.3. The van der Waals surface area contributed by atoms with Crippen molar-refractivity contribution in [3.63, 3.8) is 0 Å². The molecular formula is C96H72N12. The number of anilines is 18. The Hall–Kier alpha value is -14.9. The second-order valence-corrected chi connectivity index (χ2v) is 25.4. The molecular weight excluding hydrogens is 1320 g/mol. The summed E-state index contributed by atoms with van der Waals surface area (Å²) in [6.07, 6.45) is 0. The molecule has 0 saturated carbocycles. The highest BCUT2D eigenvalue weighted by molar-refractivity contribution is 5.90. The lowest BCUT2D eigenvalue weighted by Crippen LogP contribution is -2.16. The monoisotopic (exact) mass is 1390 g/mol. The van der Waals surface area contributed by atoms with Crippen LogP contribution in [0, 0.1) is 0 Å². The van der Waals surface area contributed by atoms with Gasteiger partial charge in [0.15, 0.2) is 0 Å². The van der Waals surface area contributed by atoms with E-state index in [1.807, 2.05) is 127 Å². The van der Waals surface area contributed by atoms with Crippen LogP contribution in [0.1, 0.15) is 0 Å². The zero-order valence-electron chi connectivity index (χ0n) is 58.9. The molecule has 0 spiro atoms. The minimum Gasteiger partial charge on any atom is -0.311 e. The SMILES string of the molecule is c1ccc(N(c2ccccc2)c2ccc(N=Nc3ccc(N(c4ccccc4)c4cc(N(c5ccccc5)c5ccc(N=Nc6ccc(N(c7ccccc7)c7ccccc7)cc6)cc5)cc(N(c5ccccc5)c5ccc(N=Nc6ccc(N(c7ccccc7)c7ccccc7)cc6)cc5)c4)cc3)cc2)cc1. The van der Waals surface area contributed by atoms with Crippen molar-refractivity contribution in [1.82, 2.24) is 0 Å². The van der Waals surface area contributed by atoms with Crippen LogP contribution in [0.5, 0.6) is 0 Å². The van der Waals surface area contributed by atoms with Crippen molar-refractivity contribution < 1.29 is 0 Å². The Kier molecular flexibility index (Phi) is 20.4. The van der Waals surface area contributed by atoms with E-state index in [9.17, 15) is 0 Å². The standard InChI is InChI=1S/C96H72N12/c1-10-28-79(29-11-1)103(80-30-12-2-13-31-80)88-58-46-73(47-59-88)97-100-76-52-64-91(65-53-76)106(85-40-22-7-23-41-85)94-70-95(107(86-42-24-8-25-43-86)92-66-54-77(55-67-92)101-98-74-48-60-89(61-49-74)104(81-32-14-3-15-33-81)82-34-16-4-17-35-82)72-96(71-94)108(87-44-26-9-27-45-87)93-68-56-78(57-69-93)102-99-75-50-62-90(63-51-75)105(83-36-18-5-19-37-83)84-38-20-6-21-39-84/h1-72H. The topological polar surface area (TPSA) is 93.6 Å². The first kappa shape index (κ1) is 67.6. The summed E-state index contributed by atoms with van der Waals surface area (Å²) in [5, 5.41) is 28.7. The van der Waals surface area contributed by atoms with Crippen LogP contribution < -0.4 is 29.4 Å². The van der Waals surface area contributed by atoms with Gasteiger partial charge < -0.3 is 29.4 Å². The summed E-state index contributed by atoms with van der Waals surface area (Å²) in [4.78, 5) is 13.6. The van der Waals surface area contributed by atoms with E-state index >= 15 is 0 Å². The maximum Gasteiger partial charge on any atom is 0.0858 e. The van der Waals surface area contributed by atoms with E-state index in [0.29, 0.717) is 17.1 Å². The van der Waals surface area contributed by atoms with E-state index in [0.717, 1.165) is 119 Å². The van der Waals surface area contributed by atoms with Crippen molar-refractivity contribution in [2.24, 2.45) is 30.7 Å². The molecule has 16 rings (SSSR count). The van der Waals surface area contributed by atoms with Gasteiger partial charge in [0.25, 0.3) is 0 Å². The molecule has 0 saturated heterocycles. The fraction of sp³-hybridized carbons (Fsp3) is 0. The second-order valence-electron chi connectivity index (χ2n) is 25.4. The van der Waals surface area contributed by atoms with Gasteiger partial charge in [-0.15, -0.1) is 0 Å². The van der Waals surface area contributed by atoms with Crippen LogP contribution in [0.2, 0.25) is 0 Å². The maximum atomic E-state index is 4.80. The summed E-state index contributed by atoms with van der Waals surface area (Å²) in [7, 11) is 0. The highest BCUT2D eigenvalue weighted by Gasteiger charge is 2.24. The zero-order chi connectivity index (χ0) is 72.5. The molecule has 16 aromatic carbocycles. The Balaban J connectivity index is 0.751. The van der Waals surface area contributed by atoms with Crippen molar-refractivity contribution >= 4 is 136 Å². The van der Waals surface area contributed by atoms with Gasteiger partial charge in [0, 0.05) is 85.3 Å². The molecule has 0 bridgehead atoms. The molecule has 0 aromatic heterocycles. The van der Waals surface area contributed by atoms with Crippen molar-refractivity contribution in [3.05, 3.63) is 437 Å². The molecule has 0 amide bonds. The van der Waals surface area contributed by atoms with E-state index in [4.69, 9.17) is 30.7 Å². The summed E-state index contributed by atoms with van der Waals surface area (Å²) >= 11 is 0. The van der Waals surface area contributed by atoms with Gasteiger partial charge in [0.1, 0.15) is 0 Å². The minimum atomic E-state index is 0.704. The fourth-order valence-electron chi connectivity index (χ4n) is 13.2. The number of benzene rings is 16. The van der Waals surface area contributed by atoms with Crippen molar-refractivity contribution in [3.8, 4) is 0 Å². The van der Waals surface area contributed by atoms with E-state index < -0.39 is 0 Å². The Morgan fingerprint density at radius 2 is 0.204 bits per heavy atom. The molecule has 0 radical (unpaired) electrons. The van der Waals surface area contributed by atoms with Crippen molar-refractivity contribution in [2.75, 3.05) is 29.4 Å². The van der Waals surface area contributed by atoms with Crippen LogP contribution >= 0.6 is 0 Å². The lowest BCUT2D eigenvalue weighted by Gasteiger charge is -2.33. The molecule has 0 aliphatic rings. The van der Waals surface area contributed by atoms with Crippen LogP contribution in [0.25, 0.3) is 0 Å². The van der Waals surface area contributed by atoms with E-state index in [1.54, 1.807) is 0 Å². The molecule has 0 aliphatic heterocycles. The summed E-state index contributed by atoms with van der Waals surface area (Å²) in [6, 6.07) is 150. The molecule has 516 valence electrons. The molecule has 12 heteroatoms. The minimum absolute atomic E-state index is 0.704. The van der Waals surface area contributed by atoms with Gasteiger partial charge in [-0.2, -0.15) is 30.7 Å². The van der Waals surface area contributed by atoms with Crippen LogP contribution in [-0.2, 0) is 0 Å². The zero-order valence-corrected chi connectivity index (χ0v) is 58.9. The van der Waals surface area contributed by atoms with E-state index in [1.165, 1.54) is 0 Å². The van der Waals surface area contributed by atoms with Crippen LogP contribution in [0.3, 0.4) is 0 Å². The third-order valence-corrected chi connectivity index (χ3v) is 18.3. The van der Waals surface area contributed by atoms with Gasteiger partial charge in [0.2, 0.25) is 0 Å². The van der Waals surface area contributed by atoms with Gasteiger partial charge in [-0.05, 0) is 273 Å². The summed E-state index contributed by atoms with van der Waals surface area (Å²) in [5.41, 5.74) is 22.0. The molecule has 0 N–H and O–H groups in total. The number of para-hydroxylation sites is 9. The summed E-state index contributed by atoms with van der Waals surface area (Å²) < 4.78 is 0. The second kappa shape index (κ2) is 32.6. The largest absolute Gasteiger partial charge is 0.311 e. The predicted molar refractivity (Wildman–Crippen MR) is 446 cm³/mol. The highest BCUT2D eigenvalue weighted by Crippen LogP contribution is 2.48. The maximum absolute atomic E-state index is 4.80. The molecule has 16 aromatic rings. The molecule has 12 nitrogen and oxygen atoms in total. The molecule has 0 unspecified atom stereocenters. The molecule has 0 aliphatic carbocycles. The number of hydrogen-bond acceptors (Lipinski definition) is 12. The van der Waals surface area contributed by atoms with E-state index in [2.05, 4.69) is 339 Å². The first-order valence-electron chi connectivity index (χ1n) is 35.8. The van der Waals surface area contributed by atoms with Gasteiger partial charge >= 0.3 is 0 Å². The quantitative estimate of drug-likeness (QED) is 0.0560. The average Bonchev–Trinajstić information content (AvgIpc) is 0.763. The fourth-order valence-corrected chi connectivity index (χ4v) is 13.2. The van der Waals surface area contributed by atoms with Crippen LogP contribution in [0.4, 0.5) is 136 Å². The highest BCUT2D eigenvalue weighted by atomic mass is 15.2. The Labute approximate surface area is 629 Å². The first-order valence-corrected chi connectivity index (χ1v) is 35.8. The number of rotatable bonds is 24. The lowest BCUT2D eigenvalue weighted by molar-refractivity contribution is 1.20. The average molecular weight is 1390 g/mol. The predicted octanol–water partition coefficient (Wildman–Crippen LogP) is 29.8.